The Hall–Kier alpha value is -1.62. The van der Waals surface area contributed by atoms with E-state index in [2.05, 4.69) is 22.5 Å². The number of carbonyl (C=O) groups is 2. The van der Waals surface area contributed by atoms with Gasteiger partial charge in [0.25, 0.3) is 5.91 Å². The Balaban J connectivity index is 1.92. The van der Waals surface area contributed by atoms with Crippen LogP contribution in [0.4, 0.5) is 0 Å². The van der Waals surface area contributed by atoms with Gasteiger partial charge in [0.05, 0.1) is 0 Å². The maximum atomic E-state index is 12.6. The number of benzene rings is 1. The van der Waals surface area contributed by atoms with Crippen LogP contribution in [0.25, 0.3) is 0 Å². The van der Waals surface area contributed by atoms with Gasteiger partial charge in [-0.05, 0) is 51.0 Å². The fraction of sp³-hybridized carbons (Fsp3) is 0.474. The molecule has 0 aromatic heterocycles. The van der Waals surface area contributed by atoms with Crippen LogP contribution in [-0.4, -0.2) is 47.8 Å². The normalized spacial score (nSPS) is 15.2. The fourth-order valence-corrected chi connectivity index (χ4v) is 3.30. The van der Waals surface area contributed by atoms with Crippen LogP contribution in [0.2, 0.25) is 0 Å². The summed E-state index contributed by atoms with van der Waals surface area (Å²) in [5.41, 5.74) is 1.69. The molecule has 24 heavy (non-hydrogen) atoms. The quantitative estimate of drug-likeness (QED) is 0.716. The van der Waals surface area contributed by atoms with Crippen molar-refractivity contribution in [3.8, 4) is 0 Å². The van der Waals surface area contributed by atoms with Crippen LogP contribution in [0.1, 0.15) is 37.0 Å². The second-order valence-electron chi connectivity index (χ2n) is 6.38. The number of halogens is 1. The van der Waals surface area contributed by atoms with Gasteiger partial charge in [0.15, 0.2) is 0 Å². The molecule has 1 saturated heterocycles. The molecule has 1 fully saturated rings. The summed E-state index contributed by atoms with van der Waals surface area (Å²) in [6.45, 7) is 10.4. The van der Waals surface area contributed by atoms with Crippen molar-refractivity contribution in [1.29, 1.82) is 0 Å². The summed E-state index contributed by atoms with van der Waals surface area (Å²) in [4.78, 5) is 28.9. The smallest absolute Gasteiger partial charge is 0.253 e. The van der Waals surface area contributed by atoms with Gasteiger partial charge in [0, 0.05) is 42.1 Å². The summed E-state index contributed by atoms with van der Waals surface area (Å²) >= 11 is 3.38. The van der Waals surface area contributed by atoms with Gasteiger partial charge in [-0.3, -0.25) is 9.59 Å². The van der Waals surface area contributed by atoms with Crippen molar-refractivity contribution in [2.75, 3.05) is 26.2 Å². The van der Waals surface area contributed by atoms with Gasteiger partial charge in [0.2, 0.25) is 5.91 Å². The van der Waals surface area contributed by atoms with Gasteiger partial charge in [-0.2, -0.15) is 0 Å². The monoisotopic (exact) mass is 392 g/mol. The minimum Gasteiger partial charge on any atom is -0.339 e. The zero-order valence-electron chi connectivity index (χ0n) is 14.4. The minimum absolute atomic E-state index is 0.0123. The Morgan fingerprint density at radius 1 is 1.25 bits per heavy atom. The summed E-state index contributed by atoms with van der Waals surface area (Å²) in [6, 6.07) is 7.41. The molecule has 130 valence electrons. The zero-order valence-corrected chi connectivity index (χ0v) is 16.0. The van der Waals surface area contributed by atoms with E-state index in [1.807, 2.05) is 47.9 Å². The average Bonchev–Trinajstić information content (AvgIpc) is 2.59. The summed E-state index contributed by atoms with van der Waals surface area (Å²) in [7, 11) is 0. The Kier molecular flexibility index (Phi) is 6.60. The van der Waals surface area contributed by atoms with E-state index in [1.165, 1.54) is 0 Å². The number of likely N-dealkylation sites (N-methyl/N-ethyl adjacent to an activating group) is 1. The first kappa shape index (κ1) is 18.7. The molecular weight excluding hydrogens is 368 g/mol. The van der Waals surface area contributed by atoms with Crippen molar-refractivity contribution >= 4 is 27.7 Å². The molecule has 1 heterocycles. The molecule has 1 aliphatic heterocycles. The summed E-state index contributed by atoms with van der Waals surface area (Å²) in [6.07, 6.45) is 1.46. The lowest BCUT2D eigenvalue weighted by Gasteiger charge is -2.34. The maximum absolute atomic E-state index is 12.6. The Labute approximate surface area is 152 Å². The number of hydrogen-bond donors (Lipinski definition) is 0. The molecule has 1 aliphatic rings. The predicted molar refractivity (Wildman–Crippen MR) is 99.8 cm³/mol. The lowest BCUT2D eigenvalue weighted by molar-refractivity contribution is -0.136. The predicted octanol–water partition coefficient (Wildman–Crippen LogP) is 3.73. The third-order valence-corrected chi connectivity index (χ3v) is 4.91. The highest BCUT2D eigenvalue weighted by atomic mass is 79.9. The second-order valence-corrected chi connectivity index (χ2v) is 7.30. The maximum Gasteiger partial charge on any atom is 0.253 e. The number of rotatable bonds is 5. The van der Waals surface area contributed by atoms with E-state index in [0.29, 0.717) is 31.7 Å². The molecule has 0 spiro atoms. The summed E-state index contributed by atoms with van der Waals surface area (Å²) in [5.74, 6) is 0.247. The van der Waals surface area contributed by atoms with Crippen molar-refractivity contribution < 1.29 is 9.59 Å². The number of piperidine rings is 1. The topological polar surface area (TPSA) is 40.6 Å². The standard InChI is InChI=1S/C19H25BrN2O2/c1-4-21(13-14(2)3)18(23)16-9-11-22(12-10-16)19(24)15-5-7-17(20)8-6-15/h5-8,16H,2,4,9-13H2,1,3H3. The van der Waals surface area contributed by atoms with E-state index in [9.17, 15) is 9.59 Å². The van der Waals surface area contributed by atoms with Gasteiger partial charge in [-0.25, -0.2) is 0 Å². The molecule has 0 atom stereocenters. The first-order valence-electron chi connectivity index (χ1n) is 8.40. The molecule has 0 unspecified atom stereocenters. The van der Waals surface area contributed by atoms with Crippen LogP contribution in [0.3, 0.4) is 0 Å². The highest BCUT2D eigenvalue weighted by Crippen LogP contribution is 2.22. The van der Waals surface area contributed by atoms with Crippen molar-refractivity contribution in [3.05, 3.63) is 46.5 Å². The average molecular weight is 393 g/mol. The lowest BCUT2D eigenvalue weighted by atomic mass is 9.94. The highest BCUT2D eigenvalue weighted by Gasteiger charge is 2.30. The molecule has 2 rings (SSSR count). The van der Waals surface area contributed by atoms with Crippen molar-refractivity contribution in [2.45, 2.75) is 26.7 Å². The highest BCUT2D eigenvalue weighted by molar-refractivity contribution is 9.10. The zero-order chi connectivity index (χ0) is 17.7. The van der Waals surface area contributed by atoms with Crippen molar-refractivity contribution in [3.63, 3.8) is 0 Å². The van der Waals surface area contributed by atoms with Crippen LogP contribution in [-0.2, 0) is 4.79 Å². The molecular formula is C19H25BrN2O2. The fourth-order valence-electron chi connectivity index (χ4n) is 3.03. The second kappa shape index (κ2) is 8.47. The van der Waals surface area contributed by atoms with E-state index in [-0.39, 0.29) is 17.7 Å². The molecule has 0 aliphatic carbocycles. The number of amides is 2. The van der Waals surface area contributed by atoms with Gasteiger partial charge in [-0.1, -0.05) is 28.1 Å². The SMILES string of the molecule is C=C(C)CN(CC)C(=O)C1CCN(C(=O)c2ccc(Br)cc2)CC1. The van der Waals surface area contributed by atoms with Crippen LogP contribution >= 0.6 is 15.9 Å². The Bertz CT molecular complexity index is 604. The number of likely N-dealkylation sites (tertiary alicyclic amines) is 1. The Morgan fingerprint density at radius 2 is 1.83 bits per heavy atom. The van der Waals surface area contributed by atoms with Crippen molar-refractivity contribution in [1.82, 2.24) is 9.80 Å². The van der Waals surface area contributed by atoms with E-state index in [0.717, 1.165) is 22.9 Å². The summed E-state index contributed by atoms with van der Waals surface area (Å²) in [5, 5.41) is 0. The van der Waals surface area contributed by atoms with Gasteiger partial charge >= 0.3 is 0 Å². The lowest BCUT2D eigenvalue weighted by Crippen LogP contribution is -2.44. The van der Waals surface area contributed by atoms with Crippen molar-refractivity contribution in [2.24, 2.45) is 5.92 Å². The number of nitrogens with zero attached hydrogens (tertiary/aromatic N) is 2. The molecule has 0 radical (unpaired) electrons. The molecule has 0 N–H and O–H groups in total. The molecule has 0 bridgehead atoms. The van der Waals surface area contributed by atoms with E-state index in [4.69, 9.17) is 0 Å². The molecule has 2 amide bonds. The molecule has 1 aromatic rings. The molecule has 1 aromatic carbocycles. The van der Waals surface area contributed by atoms with E-state index in [1.54, 1.807) is 0 Å². The first-order chi connectivity index (χ1) is 11.4. The van der Waals surface area contributed by atoms with E-state index >= 15 is 0 Å². The van der Waals surface area contributed by atoms with Crippen LogP contribution < -0.4 is 0 Å². The van der Waals surface area contributed by atoms with Crippen LogP contribution in [0, 0.1) is 5.92 Å². The van der Waals surface area contributed by atoms with Crippen LogP contribution in [0.5, 0.6) is 0 Å². The molecule has 0 saturated carbocycles. The van der Waals surface area contributed by atoms with Gasteiger partial charge in [0.1, 0.15) is 0 Å². The van der Waals surface area contributed by atoms with Crippen LogP contribution in [0.15, 0.2) is 40.9 Å². The van der Waals surface area contributed by atoms with Gasteiger partial charge in [-0.15, -0.1) is 0 Å². The van der Waals surface area contributed by atoms with E-state index < -0.39 is 0 Å². The third kappa shape index (κ3) is 4.69. The first-order valence-corrected chi connectivity index (χ1v) is 9.19. The Morgan fingerprint density at radius 3 is 2.33 bits per heavy atom. The molecule has 5 heteroatoms. The summed E-state index contributed by atoms with van der Waals surface area (Å²) < 4.78 is 0.959. The number of hydrogen-bond acceptors (Lipinski definition) is 2. The number of carbonyl (C=O) groups excluding carboxylic acids is 2. The third-order valence-electron chi connectivity index (χ3n) is 4.38. The minimum atomic E-state index is 0.0123. The molecule has 4 nitrogen and oxygen atoms in total. The van der Waals surface area contributed by atoms with Gasteiger partial charge < -0.3 is 9.80 Å². The largest absolute Gasteiger partial charge is 0.339 e.